The van der Waals surface area contributed by atoms with Crippen LogP contribution in [0.1, 0.15) is 30.5 Å². The number of ether oxygens (including phenoxy) is 1. The minimum Gasteiger partial charge on any atom is -0.480 e. The summed E-state index contributed by atoms with van der Waals surface area (Å²) in [6.07, 6.45) is 2.10. The Hall–Kier alpha value is -3.66. The molecule has 0 amide bonds. The van der Waals surface area contributed by atoms with Crippen molar-refractivity contribution in [3.63, 3.8) is 0 Å². The smallest absolute Gasteiger partial charge is 0.253 e. The van der Waals surface area contributed by atoms with E-state index in [2.05, 4.69) is 15.6 Å². The number of nitrogens with zero attached hydrogens (tertiary/aromatic N) is 2. The average Bonchev–Trinajstić information content (AvgIpc) is 2.73. The lowest BCUT2D eigenvalue weighted by atomic mass is 10.0. The molecule has 2 aromatic carbocycles. The standard InChI is InChI=1S/C20H18N4O3/c1-3-14(13-7-5-4-6-8-13)23-16-17(19(26)18(16)25)24-15-9-12(10-21)11-22-20(15)27-2/h4-9,11,14,23-24H,3H2,1-2H3/t14-/m1/s1. The minimum absolute atomic E-state index is 0.111. The molecule has 3 rings (SSSR count). The van der Waals surface area contributed by atoms with Crippen LogP contribution in [-0.4, -0.2) is 12.1 Å². The maximum atomic E-state index is 12.1. The summed E-state index contributed by atoms with van der Waals surface area (Å²) in [4.78, 5) is 28.2. The van der Waals surface area contributed by atoms with Gasteiger partial charge in [0.25, 0.3) is 10.9 Å². The third-order valence-corrected chi connectivity index (χ3v) is 4.27. The summed E-state index contributed by atoms with van der Waals surface area (Å²) in [5, 5.41) is 15.1. The SMILES string of the molecule is CC[C@@H](Nc1c(Nc2cc(C#N)cnc2OC)c(=O)c1=O)c1ccccc1. The van der Waals surface area contributed by atoms with E-state index in [1.54, 1.807) is 0 Å². The van der Waals surface area contributed by atoms with Gasteiger partial charge < -0.3 is 15.4 Å². The van der Waals surface area contributed by atoms with Gasteiger partial charge in [0.05, 0.1) is 18.7 Å². The first-order chi connectivity index (χ1) is 13.1. The topological polar surface area (TPSA) is 104 Å². The molecular weight excluding hydrogens is 344 g/mol. The van der Waals surface area contributed by atoms with Gasteiger partial charge in [-0.25, -0.2) is 4.98 Å². The van der Waals surface area contributed by atoms with E-state index >= 15 is 0 Å². The Morgan fingerprint density at radius 1 is 1.19 bits per heavy atom. The quantitative estimate of drug-likeness (QED) is 0.623. The molecule has 0 spiro atoms. The van der Waals surface area contributed by atoms with Gasteiger partial charge >= 0.3 is 0 Å². The second-order valence-electron chi connectivity index (χ2n) is 5.94. The molecule has 7 heteroatoms. The van der Waals surface area contributed by atoms with Crippen molar-refractivity contribution in [2.24, 2.45) is 0 Å². The second-order valence-corrected chi connectivity index (χ2v) is 5.94. The lowest BCUT2D eigenvalue weighted by Crippen LogP contribution is -2.37. The van der Waals surface area contributed by atoms with Crippen LogP contribution >= 0.6 is 0 Å². The molecule has 0 aliphatic rings. The largest absolute Gasteiger partial charge is 0.480 e. The highest BCUT2D eigenvalue weighted by molar-refractivity contribution is 5.80. The molecule has 27 heavy (non-hydrogen) atoms. The van der Waals surface area contributed by atoms with E-state index < -0.39 is 10.9 Å². The number of hydrogen-bond acceptors (Lipinski definition) is 7. The van der Waals surface area contributed by atoms with E-state index in [-0.39, 0.29) is 23.3 Å². The van der Waals surface area contributed by atoms with Gasteiger partial charge in [0.15, 0.2) is 0 Å². The van der Waals surface area contributed by atoms with Gasteiger partial charge in [-0.05, 0) is 18.1 Å². The maximum Gasteiger partial charge on any atom is 0.253 e. The summed E-state index contributed by atoms with van der Waals surface area (Å²) in [5.74, 6) is 0.225. The summed E-state index contributed by atoms with van der Waals surface area (Å²) in [5.41, 5.74) is 0.844. The van der Waals surface area contributed by atoms with Crippen LogP contribution in [0.4, 0.5) is 17.1 Å². The van der Waals surface area contributed by atoms with Crippen LogP contribution in [0, 0.1) is 11.3 Å². The fraction of sp³-hybridized carbons (Fsp3) is 0.200. The summed E-state index contributed by atoms with van der Waals surface area (Å²) < 4.78 is 5.16. The highest BCUT2D eigenvalue weighted by Gasteiger charge is 2.24. The van der Waals surface area contributed by atoms with Crippen LogP contribution in [-0.2, 0) is 0 Å². The predicted octanol–water partition coefficient (Wildman–Crippen LogP) is 2.86. The number of methoxy groups -OCH3 is 1. The number of pyridine rings is 1. The molecule has 1 heterocycles. The van der Waals surface area contributed by atoms with Crippen molar-refractivity contribution in [2.45, 2.75) is 19.4 Å². The number of hydrogen-bond donors (Lipinski definition) is 2. The minimum atomic E-state index is -0.621. The first-order valence-corrected chi connectivity index (χ1v) is 8.45. The normalized spacial score (nSPS) is 11.6. The molecule has 2 N–H and O–H groups in total. The van der Waals surface area contributed by atoms with Gasteiger partial charge in [-0.15, -0.1) is 0 Å². The van der Waals surface area contributed by atoms with Crippen molar-refractivity contribution >= 4 is 17.1 Å². The van der Waals surface area contributed by atoms with Gasteiger partial charge in [0, 0.05) is 6.20 Å². The Labute approximate surface area is 155 Å². The monoisotopic (exact) mass is 362 g/mol. The molecule has 0 aliphatic carbocycles. The number of rotatable bonds is 7. The molecule has 1 aromatic heterocycles. The van der Waals surface area contributed by atoms with Crippen molar-refractivity contribution in [3.05, 3.63) is 74.2 Å². The number of benzene rings is 1. The number of anilines is 3. The zero-order valence-electron chi connectivity index (χ0n) is 14.9. The Morgan fingerprint density at radius 3 is 2.52 bits per heavy atom. The van der Waals surface area contributed by atoms with Crippen molar-refractivity contribution in [1.82, 2.24) is 4.98 Å². The van der Waals surface area contributed by atoms with Crippen LogP contribution in [0.15, 0.2) is 52.2 Å². The van der Waals surface area contributed by atoms with E-state index in [0.29, 0.717) is 11.3 Å². The summed E-state index contributed by atoms with van der Waals surface area (Å²) in [6.45, 7) is 1.99. The van der Waals surface area contributed by atoms with Gasteiger partial charge in [-0.1, -0.05) is 37.3 Å². The lowest BCUT2D eigenvalue weighted by Gasteiger charge is -2.22. The van der Waals surface area contributed by atoms with E-state index in [4.69, 9.17) is 10.00 Å². The molecule has 136 valence electrons. The molecule has 0 aliphatic heterocycles. The summed E-state index contributed by atoms with van der Waals surface area (Å²) in [7, 11) is 1.43. The zero-order valence-corrected chi connectivity index (χ0v) is 14.9. The van der Waals surface area contributed by atoms with Crippen LogP contribution in [0.25, 0.3) is 0 Å². The van der Waals surface area contributed by atoms with Gasteiger partial charge in [0.1, 0.15) is 23.1 Å². The molecule has 7 nitrogen and oxygen atoms in total. The van der Waals surface area contributed by atoms with Crippen molar-refractivity contribution < 1.29 is 4.74 Å². The predicted molar refractivity (Wildman–Crippen MR) is 103 cm³/mol. The maximum absolute atomic E-state index is 12.1. The van der Waals surface area contributed by atoms with Crippen molar-refractivity contribution in [2.75, 3.05) is 17.7 Å². The summed E-state index contributed by atoms with van der Waals surface area (Å²) >= 11 is 0. The molecule has 0 bridgehead atoms. The fourth-order valence-electron chi connectivity index (χ4n) is 2.83. The number of nitriles is 1. The highest BCUT2D eigenvalue weighted by atomic mass is 16.5. The van der Waals surface area contributed by atoms with Crippen molar-refractivity contribution in [1.29, 1.82) is 5.26 Å². The Morgan fingerprint density at radius 2 is 1.89 bits per heavy atom. The molecule has 0 radical (unpaired) electrons. The third kappa shape index (κ3) is 3.51. The van der Waals surface area contributed by atoms with Crippen LogP contribution in [0.3, 0.4) is 0 Å². The average molecular weight is 362 g/mol. The second kappa shape index (κ2) is 7.70. The van der Waals surface area contributed by atoms with E-state index in [1.807, 2.05) is 43.3 Å². The first kappa shape index (κ1) is 18.1. The lowest BCUT2D eigenvalue weighted by molar-refractivity contribution is 0.400. The fourth-order valence-corrected chi connectivity index (χ4v) is 2.83. The van der Waals surface area contributed by atoms with E-state index in [1.165, 1.54) is 19.4 Å². The third-order valence-electron chi connectivity index (χ3n) is 4.27. The first-order valence-electron chi connectivity index (χ1n) is 8.45. The van der Waals surface area contributed by atoms with Gasteiger partial charge in [-0.3, -0.25) is 9.59 Å². The van der Waals surface area contributed by atoms with Crippen LogP contribution in [0.5, 0.6) is 5.88 Å². The molecule has 3 aromatic rings. The van der Waals surface area contributed by atoms with Gasteiger partial charge in [-0.2, -0.15) is 5.26 Å². The van der Waals surface area contributed by atoms with Crippen molar-refractivity contribution in [3.8, 4) is 11.9 Å². The van der Waals surface area contributed by atoms with E-state index in [9.17, 15) is 9.59 Å². The molecule has 0 saturated heterocycles. The van der Waals surface area contributed by atoms with Gasteiger partial charge in [0.2, 0.25) is 5.88 Å². The molecular formula is C20H18N4O3. The molecule has 0 fully saturated rings. The molecule has 0 unspecified atom stereocenters. The Kier molecular flexibility index (Phi) is 5.18. The highest BCUT2D eigenvalue weighted by Crippen LogP contribution is 2.30. The van der Waals surface area contributed by atoms with Crippen LogP contribution in [0.2, 0.25) is 0 Å². The molecule has 0 saturated carbocycles. The van der Waals surface area contributed by atoms with Crippen LogP contribution < -0.4 is 26.2 Å². The summed E-state index contributed by atoms with van der Waals surface area (Å²) in [6, 6.07) is 13.1. The molecule has 1 atom stereocenters. The Bertz CT molecular complexity index is 1060. The Balaban J connectivity index is 1.92. The number of aromatic nitrogens is 1. The number of nitrogens with one attached hydrogen (secondary N) is 2. The van der Waals surface area contributed by atoms with E-state index in [0.717, 1.165) is 12.0 Å². The zero-order chi connectivity index (χ0) is 19.4.